The number of ether oxygens (including phenoxy) is 2. The number of hydrogen-bond acceptors (Lipinski definition) is 6. The third kappa shape index (κ3) is 5.54. The van der Waals surface area contributed by atoms with Gasteiger partial charge < -0.3 is 14.8 Å². The van der Waals surface area contributed by atoms with E-state index in [0.29, 0.717) is 23.5 Å². The Morgan fingerprint density at radius 2 is 2.00 bits per heavy atom. The zero-order chi connectivity index (χ0) is 19.8. The van der Waals surface area contributed by atoms with E-state index in [9.17, 15) is 19.2 Å². The van der Waals surface area contributed by atoms with Crippen LogP contribution in [0, 0.1) is 0 Å². The molecule has 1 aliphatic rings. The van der Waals surface area contributed by atoms with E-state index >= 15 is 0 Å². The van der Waals surface area contributed by atoms with E-state index < -0.39 is 5.97 Å². The third-order valence-corrected chi connectivity index (χ3v) is 3.96. The van der Waals surface area contributed by atoms with Crippen molar-refractivity contribution in [2.24, 2.45) is 0 Å². The second-order valence-corrected chi connectivity index (χ2v) is 6.03. The minimum Gasteiger partial charge on any atom is -0.482 e. The van der Waals surface area contributed by atoms with Gasteiger partial charge in [-0.2, -0.15) is 0 Å². The first-order valence-corrected chi connectivity index (χ1v) is 8.99. The van der Waals surface area contributed by atoms with Gasteiger partial charge in [0.25, 0.3) is 5.91 Å². The van der Waals surface area contributed by atoms with Crippen molar-refractivity contribution >= 4 is 29.3 Å². The van der Waals surface area contributed by atoms with Gasteiger partial charge in [-0.1, -0.05) is 6.92 Å². The van der Waals surface area contributed by atoms with E-state index in [2.05, 4.69) is 5.32 Å². The van der Waals surface area contributed by atoms with E-state index in [4.69, 9.17) is 9.47 Å². The van der Waals surface area contributed by atoms with Crippen molar-refractivity contribution in [1.29, 1.82) is 0 Å². The molecular weight excluding hydrogens is 352 g/mol. The second-order valence-electron chi connectivity index (χ2n) is 6.03. The number of hydrogen-bond donors (Lipinski definition) is 1. The Morgan fingerprint density at radius 1 is 1.22 bits per heavy atom. The highest BCUT2D eigenvalue weighted by atomic mass is 16.5. The molecule has 0 unspecified atom stereocenters. The van der Waals surface area contributed by atoms with Crippen molar-refractivity contribution in [3.8, 4) is 5.75 Å². The van der Waals surface area contributed by atoms with Crippen molar-refractivity contribution in [2.45, 2.75) is 33.1 Å². The Hall–Kier alpha value is -2.90. The fourth-order valence-electron chi connectivity index (χ4n) is 2.61. The molecule has 27 heavy (non-hydrogen) atoms. The average molecular weight is 376 g/mol. The largest absolute Gasteiger partial charge is 0.482 e. The summed E-state index contributed by atoms with van der Waals surface area (Å²) in [5.41, 5.74) is 0.718. The molecule has 1 aromatic carbocycles. The molecule has 8 nitrogen and oxygen atoms in total. The van der Waals surface area contributed by atoms with E-state index in [0.717, 1.165) is 6.42 Å². The number of rotatable bonds is 9. The van der Waals surface area contributed by atoms with Crippen LogP contribution in [0.3, 0.4) is 0 Å². The van der Waals surface area contributed by atoms with E-state index in [1.165, 1.54) is 11.0 Å². The highest BCUT2D eigenvalue weighted by molar-refractivity contribution is 6.04. The van der Waals surface area contributed by atoms with Crippen molar-refractivity contribution in [1.82, 2.24) is 5.32 Å². The summed E-state index contributed by atoms with van der Waals surface area (Å²) < 4.78 is 10.2. The SMILES string of the molecule is CCCNC(=O)CN1C(=O)COc2ccc(C(=O)CCC(=O)OCC)cc21. The Bertz CT molecular complexity index is 731. The monoisotopic (exact) mass is 376 g/mol. The van der Waals surface area contributed by atoms with Crippen LogP contribution in [0.5, 0.6) is 5.75 Å². The molecule has 0 fully saturated rings. The lowest BCUT2D eigenvalue weighted by molar-refractivity contribution is -0.143. The molecule has 1 heterocycles. The van der Waals surface area contributed by atoms with Gasteiger partial charge in [-0.3, -0.25) is 24.1 Å². The third-order valence-electron chi connectivity index (χ3n) is 3.96. The van der Waals surface area contributed by atoms with Gasteiger partial charge in [-0.05, 0) is 31.5 Å². The number of anilines is 1. The van der Waals surface area contributed by atoms with Gasteiger partial charge in [-0.25, -0.2) is 0 Å². The number of benzene rings is 1. The van der Waals surface area contributed by atoms with Crippen LogP contribution in [0.25, 0.3) is 0 Å². The molecule has 1 N–H and O–H groups in total. The lowest BCUT2D eigenvalue weighted by Crippen LogP contribution is -2.45. The number of esters is 1. The molecule has 1 aliphatic heterocycles. The first-order chi connectivity index (χ1) is 13.0. The topological polar surface area (TPSA) is 102 Å². The highest BCUT2D eigenvalue weighted by Gasteiger charge is 2.28. The van der Waals surface area contributed by atoms with Gasteiger partial charge in [-0.15, -0.1) is 0 Å². The normalized spacial score (nSPS) is 12.8. The summed E-state index contributed by atoms with van der Waals surface area (Å²) in [5.74, 6) is -0.891. The molecule has 0 aromatic heterocycles. The summed E-state index contributed by atoms with van der Waals surface area (Å²) >= 11 is 0. The van der Waals surface area contributed by atoms with Gasteiger partial charge in [0.15, 0.2) is 12.4 Å². The number of nitrogens with zero attached hydrogens (tertiary/aromatic N) is 1. The van der Waals surface area contributed by atoms with Crippen LogP contribution in [0.4, 0.5) is 5.69 Å². The fourth-order valence-corrected chi connectivity index (χ4v) is 2.61. The van der Waals surface area contributed by atoms with Crippen molar-refractivity contribution in [3.05, 3.63) is 23.8 Å². The summed E-state index contributed by atoms with van der Waals surface area (Å²) in [4.78, 5) is 49.3. The molecule has 8 heteroatoms. The molecule has 0 spiro atoms. The molecule has 0 saturated carbocycles. The van der Waals surface area contributed by atoms with Gasteiger partial charge in [0.2, 0.25) is 5.91 Å². The maximum absolute atomic E-state index is 12.4. The molecule has 0 aliphatic carbocycles. The molecule has 1 aromatic rings. The zero-order valence-corrected chi connectivity index (χ0v) is 15.6. The summed E-state index contributed by atoms with van der Waals surface area (Å²) in [6.07, 6.45) is 0.782. The predicted octanol–water partition coefficient (Wildman–Crippen LogP) is 1.46. The standard InChI is InChI=1S/C19H24N2O6/c1-3-9-20-17(23)11-21-14-10-13(5-7-16(14)27-12-18(21)24)15(22)6-8-19(25)26-4-2/h5,7,10H,3-4,6,8-9,11-12H2,1-2H3,(H,20,23). The molecule has 0 bridgehead atoms. The van der Waals surface area contributed by atoms with Crippen molar-refractivity contribution in [3.63, 3.8) is 0 Å². The van der Waals surface area contributed by atoms with Crippen LogP contribution >= 0.6 is 0 Å². The van der Waals surface area contributed by atoms with Gasteiger partial charge in [0.05, 0.1) is 18.7 Å². The Labute approximate surface area is 157 Å². The predicted molar refractivity (Wildman–Crippen MR) is 97.8 cm³/mol. The average Bonchev–Trinajstić information content (AvgIpc) is 2.66. The number of carbonyl (C=O) groups is 4. The molecule has 0 saturated heterocycles. The van der Waals surface area contributed by atoms with Crippen LogP contribution in [0.15, 0.2) is 18.2 Å². The number of fused-ring (bicyclic) bond motifs is 1. The first-order valence-electron chi connectivity index (χ1n) is 8.99. The summed E-state index contributed by atoms with van der Waals surface area (Å²) in [6.45, 7) is 4.12. The van der Waals surface area contributed by atoms with Crippen LogP contribution in [0.1, 0.15) is 43.5 Å². The zero-order valence-electron chi connectivity index (χ0n) is 15.6. The summed E-state index contributed by atoms with van der Waals surface area (Å²) in [6, 6.07) is 4.70. The number of ketones is 1. The number of Topliss-reactive ketones (excluding diaryl/α,β-unsaturated/α-hetero) is 1. The Morgan fingerprint density at radius 3 is 2.70 bits per heavy atom. The molecule has 146 valence electrons. The molecule has 2 rings (SSSR count). The minimum atomic E-state index is -0.434. The quantitative estimate of drug-likeness (QED) is 0.517. The molecule has 0 radical (unpaired) electrons. The maximum Gasteiger partial charge on any atom is 0.306 e. The Kier molecular flexibility index (Phi) is 7.34. The van der Waals surface area contributed by atoms with Crippen LogP contribution in [0.2, 0.25) is 0 Å². The first kappa shape index (κ1) is 20.4. The van der Waals surface area contributed by atoms with Crippen LogP contribution in [-0.4, -0.2) is 49.9 Å². The maximum atomic E-state index is 12.4. The summed E-state index contributed by atoms with van der Waals surface area (Å²) in [5, 5.41) is 2.72. The molecule has 2 amide bonds. The molecule has 0 atom stereocenters. The van der Waals surface area contributed by atoms with E-state index in [1.807, 2.05) is 6.92 Å². The van der Waals surface area contributed by atoms with E-state index in [-0.39, 0.29) is 50.2 Å². The van der Waals surface area contributed by atoms with Crippen molar-refractivity contribution < 1.29 is 28.7 Å². The van der Waals surface area contributed by atoms with Crippen LogP contribution < -0.4 is 15.0 Å². The fraction of sp³-hybridized carbons (Fsp3) is 0.474. The smallest absolute Gasteiger partial charge is 0.306 e. The Balaban J connectivity index is 2.14. The lowest BCUT2D eigenvalue weighted by atomic mass is 10.0. The number of carbonyl (C=O) groups excluding carboxylic acids is 4. The van der Waals surface area contributed by atoms with E-state index in [1.54, 1.807) is 19.1 Å². The number of amides is 2. The second kappa shape index (κ2) is 9.70. The number of nitrogens with one attached hydrogen (secondary N) is 1. The highest BCUT2D eigenvalue weighted by Crippen LogP contribution is 2.33. The molecular formula is C19H24N2O6. The lowest BCUT2D eigenvalue weighted by Gasteiger charge is -2.29. The van der Waals surface area contributed by atoms with Gasteiger partial charge in [0, 0.05) is 18.5 Å². The van der Waals surface area contributed by atoms with Crippen molar-refractivity contribution in [2.75, 3.05) is 31.2 Å². The van der Waals surface area contributed by atoms with Gasteiger partial charge >= 0.3 is 5.97 Å². The van der Waals surface area contributed by atoms with Gasteiger partial charge in [0.1, 0.15) is 12.3 Å². The summed E-state index contributed by atoms with van der Waals surface area (Å²) in [7, 11) is 0. The van der Waals surface area contributed by atoms with Crippen LogP contribution in [-0.2, 0) is 19.1 Å². The minimum absolute atomic E-state index is 0.00338.